The van der Waals surface area contributed by atoms with E-state index in [2.05, 4.69) is 27.9 Å². The Balaban J connectivity index is 1.27. The van der Waals surface area contributed by atoms with Crippen LogP contribution in [0.2, 0.25) is 0 Å². The minimum absolute atomic E-state index is 0.0601. The van der Waals surface area contributed by atoms with Crippen LogP contribution in [0.5, 0.6) is 0 Å². The first-order chi connectivity index (χ1) is 23.6. The van der Waals surface area contributed by atoms with Gasteiger partial charge < -0.3 is 5.32 Å². The molecule has 1 aliphatic heterocycles. The van der Waals surface area contributed by atoms with E-state index >= 15 is 0 Å². The molecule has 0 spiro atoms. The number of benzene rings is 3. The highest BCUT2D eigenvalue weighted by atomic mass is 32.1. The quantitative estimate of drug-likeness (QED) is 0.0629. The van der Waals surface area contributed by atoms with Gasteiger partial charge >= 0.3 is 0 Å². The van der Waals surface area contributed by atoms with Gasteiger partial charge in [0, 0.05) is 33.6 Å². The van der Waals surface area contributed by atoms with E-state index in [0.29, 0.717) is 11.1 Å². The zero-order chi connectivity index (χ0) is 33.6. The third kappa shape index (κ3) is 9.22. The minimum atomic E-state index is -0.141. The monoisotopic (exact) mass is 668 g/mol. The van der Waals surface area contributed by atoms with Crippen LogP contribution in [0.25, 0.3) is 21.8 Å². The van der Waals surface area contributed by atoms with Crippen LogP contribution in [0, 0.1) is 0 Å². The molecule has 7 heteroatoms. The minimum Gasteiger partial charge on any atom is -0.353 e. The van der Waals surface area contributed by atoms with Crippen molar-refractivity contribution in [2.45, 2.75) is 148 Å². The normalized spacial score (nSPS) is 13.0. The van der Waals surface area contributed by atoms with Crippen LogP contribution in [0.15, 0.2) is 48.5 Å². The molecule has 0 unspecified atom stereocenters. The van der Waals surface area contributed by atoms with Crippen molar-refractivity contribution in [2.75, 3.05) is 5.32 Å². The van der Waals surface area contributed by atoms with Crippen LogP contribution in [0.3, 0.4) is 0 Å². The van der Waals surface area contributed by atoms with E-state index in [1.807, 2.05) is 48.5 Å². The number of carbonyl (C=O) groups is 2. The smallest absolute Gasteiger partial charge is 0.261 e. The molecule has 1 N–H and O–H groups in total. The molecule has 5 rings (SSSR count). The summed E-state index contributed by atoms with van der Waals surface area (Å²) in [5.41, 5.74) is 4.63. The zero-order valence-electron chi connectivity index (χ0n) is 29.4. The zero-order valence-corrected chi connectivity index (χ0v) is 30.2. The van der Waals surface area contributed by atoms with E-state index in [1.54, 1.807) is 4.90 Å². The van der Waals surface area contributed by atoms with Gasteiger partial charge in [0.25, 0.3) is 11.8 Å². The summed E-state index contributed by atoms with van der Waals surface area (Å²) in [5, 5.41) is 5.16. The second-order valence-electron chi connectivity index (χ2n) is 13.8. The summed E-state index contributed by atoms with van der Waals surface area (Å²) in [6.45, 7) is 4.53. The standard InChI is InChI=1S/C41H56N4O2S/c1-3-5-7-9-11-13-15-17-19-23-31(24-20-18-16-14-12-10-8-6-4-2)45-40(46)33-26-21-25-32-35(30-29-34(38(32)33)41(45)47)42-36-27-22-28-37-39(36)44-48-43-37/h21-22,25-31,42H,3-20,23-24H2,1-2H3. The summed E-state index contributed by atoms with van der Waals surface area (Å²) in [6, 6.07) is 15.6. The molecule has 0 aliphatic carbocycles. The summed E-state index contributed by atoms with van der Waals surface area (Å²) in [7, 11) is 0. The molecular formula is C41H56N4O2S. The first-order valence-electron chi connectivity index (χ1n) is 19.1. The molecule has 258 valence electrons. The van der Waals surface area contributed by atoms with Gasteiger partial charge in [0.1, 0.15) is 11.0 Å². The van der Waals surface area contributed by atoms with Crippen molar-refractivity contribution in [3.8, 4) is 0 Å². The lowest BCUT2D eigenvalue weighted by molar-refractivity contribution is 0.0517. The Morgan fingerprint density at radius 3 is 1.75 bits per heavy atom. The van der Waals surface area contributed by atoms with E-state index < -0.39 is 0 Å². The number of fused-ring (bicyclic) bond motifs is 1. The highest BCUT2D eigenvalue weighted by Crippen LogP contribution is 2.38. The fourth-order valence-electron chi connectivity index (χ4n) is 7.39. The molecule has 0 bridgehead atoms. The second kappa shape index (κ2) is 19.0. The van der Waals surface area contributed by atoms with Crippen LogP contribution in [0.1, 0.15) is 163 Å². The van der Waals surface area contributed by atoms with Gasteiger partial charge in [-0.25, -0.2) is 0 Å². The van der Waals surface area contributed by atoms with Crippen molar-refractivity contribution in [3.63, 3.8) is 0 Å². The van der Waals surface area contributed by atoms with Crippen molar-refractivity contribution in [3.05, 3.63) is 59.7 Å². The molecule has 2 amide bonds. The summed E-state index contributed by atoms with van der Waals surface area (Å²) in [5.74, 6) is -0.282. The Morgan fingerprint density at radius 1 is 0.604 bits per heavy atom. The van der Waals surface area contributed by atoms with Gasteiger partial charge in [0.2, 0.25) is 0 Å². The van der Waals surface area contributed by atoms with Crippen molar-refractivity contribution in [2.24, 2.45) is 0 Å². The number of aromatic nitrogens is 2. The predicted molar refractivity (Wildman–Crippen MR) is 203 cm³/mol. The van der Waals surface area contributed by atoms with E-state index in [4.69, 9.17) is 0 Å². The van der Waals surface area contributed by atoms with Gasteiger partial charge in [-0.05, 0) is 43.2 Å². The molecule has 0 radical (unpaired) electrons. The second-order valence-corrected chi connectivity index (χ2v) is 14.3. The number of hydrogen-bond acceptors (Lipinski definition) is 6. The van der Waals surface area contributed by atoms with Crippen molar-refractivity contribution >= 4 is 56.7 Å². The molecule has 48 heavy (non-hydrogen) atoms. The third-order valence-corrected chi connectivity index (χ3v) is 10.7. The molecule has 1 aliphatic rings. The van der Waals surface area contributed by atoms with Gasteiger partial charge in [-0.15, -0.1) is 0 Å². The molecule has 3 aromatic carbocycles. The van der Waals surface area contributed by atoms with Crippen LogP contribution in [-0.4, -0.2) is 31.5 Å². The molecule has 0 atom stereocenters. The van der Waals surface area contributed by atoms with Gasteiger partial charge in [0.15, 0.2) is 0 Å². The maximum absolute atomic E-state index is 14.3. The highest BCUT2D eigenvalue weighted by Gasteiger charge is 2.37. The highest BCUT2D eigenvalue weighted by molar-refractivity contribution is 7.00. The molecule has 1 aromatic heterocycles. The Kier molecular flexibility index (Phi) is 14.3. The topological polar surface area (TPSA) is 75.2 Å². The Hall–Kier alpha value is -3.32. The maximum Gasteiger partial charge on any atom is 0.261 e. The average molecular weight is 669 g/mol. The van der Waals surface area contributed by atoms with E-state index in [9.17, 15) is 9.59 Å². The molecule has 0 fully saturated rings. The van der Waals surface area contributed by atoms with E-state index in [-0.39, 0.29) is 17.9 Å². The van der Waals surface area contributed by atoms with Crippen LogP contribution in [0.4, 0.5) is 11.4 Å². The van der Waals surface area contributed by atoms with Crippen molar-refractivity contribution < 1.29 is 9.59 Å². The van der Waals surface area contributed by atoms with Gasteiger partial charge in [0.05, 0.1) is 17.4 Å². The SMILES string of the molecule is CCCCCCCCCCCC(CCCCCCCCCCC)N1C(=O)c2cccc3c(Nc4cccc5nsnc45)ccc(c23)C1=O. The summed E-state index contributed by atoms with van der Waals surface area (Å²) in [6.07, 6.45) is 24.5. The first kappa shape index (κ1) is 36.0. The third-order valence-electron chi connectivity index (χ3n) is 10.1. The predicted octanol–water partition coefficient (Wildman–Crippen LogP) is 12.4. The van der Waals surface area contributed by atoms with Gasteiger partial charge in [-0.1, -0.05) is 148 Å². The van der Waals surface area contributed by atoms with Crippen molar-refractivity contribution in [1.29, 1.82) is 0 Å². The number of anilines is 2. The van der Waals surface area contributed by atoms with Gasteiger partial charge in [-0.2, -0.15) is 8.75 Å². The number of amides is 2. The Labute approximate surface area is 292 Å². The van der Waals surface area contributed by atoms with E-state index in [0.717, 1.165) is 58.9 Å². The number of imide groups is 1. The first-order valence-corrected chi connectivity index (χ1v) is 19.8. The number of nitrogens with one attached hydrogen (secondary N) is 1. The lowest BCUT2D eigenvalue weighted by Gasteiger charge is -2.34. The largest absolute Gasteiger partial charge is 0.353 e. The summed E-state index contributed by atoms with van der Waals surface area (Å²) < 4.78 is 8.85. The Morgan fingerprint density at radius 2 is 1.15 bits per heavy atom. The molecule has 0 saturated carbocycles. The lowest BCUT2D eigenvalue weighted by atomic mass is 9.90. The number of hydrogen-bond donors (Lipinski definition) is 1. The molecule has 2 heterocycles. The van der Waals surface area contributed by atoms with Crippen LogP contribution >= 0.6 is 11.7 Å². The number of nitrogens with zero attached hydrogens (tertiary/aromatic N) is 3. The fraction of sp³-hybridized carbons (Fsp3) is 0.561. The molecule has 6 nitrogen and oxygen atoms in total. The summed E-state index contributed by atoms with van der Waals surface area (Å²) in [4.78, 5) is 30.1. The van der Waals surface area contributed by atoms with Crippen molar-refractivity contribution in [1.82, 2.24) is 13.6 Å². The molecular weight excluding hydrogens is 613 g/mol. The maximum atomic E-state index is 14.3. The van der Waals surface area contributed by atoms with Crippen LogP contribution in [-0.2, 0) is 0 Å². The van der Waals surface area contributed by atoms with E-state index in [1.165, 1.54) is 114 Å². The summed E-state index contributed by atoms with van der Waals surface area (Å²) >= 11 is 1.19. The van der Waals surface area contributed by atoms with Crippen LogP contribution < -0.4 is 5.32 Å². The lowest BCUT2D eigenvalue weighted by Crippen LogP contribution is -2.47. The fourth-order valence-corrected chi connectivity index (χ4v) is 7.94. The van der Waals surface area contributed by atoms with Gasteiger partial charge in [-0.3, -0.25) is 14.5 Å². The number of unbranched alkanes of at least 4 members (excludes halogenated alkanes) is 16. The average Bonchev–Trinajstić information content (AvgIpc) is 3.59. The number of carbonyl (C=O) groups excluding carboxylic acids is 2. The Bertz CT molecular complexity index is 1570. The molecule has 4 aromatic rings. The molecule has 0 saturated heterocycles. The number of rotatable bonds is 23.